The predicted molar refractivity (Wildman–Crippen MR) is 71.2 cm³/mol. The van der Waals surface area contributed by atoms with Crippen molar-refractivity contribution in [2.24, 2.45) is 0 Å². The molecule has 0 saturated carbocycles. The van der Waals surface area contributed by atoms with Gasteiger partial charge in [-0.05, 0) is 18.6 Å². The lowest BCUT2D eigenvalue weighted by atomic mass is 10.1. The first-order valence-electron chi connectivity index (χ1n) is 6.16. The van der Waals surface area contributed by atoms with Crippen molar-refractivity contribution in [1.29, 1.82) is 0 Å². The monoisotopic (exact) mass is 258 g/mol. The minimum atomic E-state index is -0.467. The second-order valence-corrected chi connectivity index (χ2v) is 4.89. The number of carbonyl (C=O) groups excluding carboxylic acids is 1. The molecule has 2 heterocycles. The van der Waals surface area contributed by atoms with Gasteiger partial charge in [0.2, 0.25) is 5.43 Å². The molecule has 5 nitrogen and oxygen atoms in total. The minimum Gasteiger partial charge on any atom is -0.389 e. The van der Waals surface area contributed by atoms with E-state index in [0.717, 1.165) is 11.1 Å². The molecule has 0 unspecified atom stereocenters. The summed E-state index contributed by atoms with van der Waals surface area (Å²) in [6.07, 6.45) is 0.996. The Balaban J connectivity index is 2.08. The number of para-hydroxylation sites is 1. The number of carbonyl (C=O) groups is 1. The van der Waals surface area contributed by atoms with Gasteiger partial charge in [0.25, 0.3) is 5.91 Å². The van der Waals surface area contributed by atoms with Crippen molar-refractivity contribution in [3.05, 3.63) is 45.7 Å². The van der Waals surface area contributed by atoms with Gasteiger partial charge in [0, 0.05) is 24.7 Å². The van der Waals surface area contributed by atoms with Gasteiger partial charge in [-0.1, -0.05) is 12.1 Å². The van der Waals surface area contributed by atoms with Gasteiger partial charge < -0.3 is 15.0 Å². The van der Waals surface area contributed by atoms with Gasteiger partial charge in [0.15, 0.2) is 0 Å². The van der Waals surface area contributed by atoms with Crippen molar-refractivity contribution in [2.75, 3.05) is 13.1 Å². The summed E-state index contributed by atoms with van der Waals surface area (Å²) >= 11 is 0. The van der Waals surface area contributed by atoms with Crippen LogP contribution in [0.3, 0.4) is 0 Å². The molecule has 1 aliphatic heterocycles. The number of hydrogen-bond acceptors (Lipinski definition) is 3. The van der Waals surface area contributed by atoms with Crippen molar-refractivity contribution >= 4 is 16.8 Å². The molecule has 1 aromatic carbocycles. The van der Waals surface area contributed by atoms with Crippen LogP contribution >= 0.6 is 0 Å². The van der Waals surface area contributed by atoms with Crippen LogP contribution in [0, 0.1) is 6.92 Å². The number of fused-ring (bicyclic) bond motifs is 1. The molecule has 5 heteroatoms. The number of aliphatic hydroxyl groups is 1. The number of hydrogen-bond donors (Lipinski definition) is 2. The van der Waals surface area contributed by atoms with E-state index in [4.69, 9.17) is 0 Å². The first kappa shape index (κ1) is 11.9. The number of aryl methyl sites for hydroxylation is 1. The Labute approximate surface area is 109 Å². The summed E-state index contributed by atoms with van der Waals surface area (Å²) in [6.45, 7) is 2.50. The van der Waals surface area contributed by atoms with Gasteiger partial charge in [0.05, 0.1) is 11.6 Å². The van der Waals surface area contributed by atoms with Gasteiger partial charge in [0.1, 0.15) is 5.56 Å². The number of benzene rings is 1. The van der Waals surface area contributed by atoms with Crippen molar-refractivity contribution in [3.63, 3.8) is 0 Å². The maximum absolute atomic E-state index is 12.3. The average molecular weight is 258 g/mol. The van der Waals surface area contributed by atoms with E-state index in [-0.39, 0.29) is 16.9 Å². The summed E-state index contributed by atoms with van der Waals surface area (Å²) < 4.78 is 0. The standard InChI is InChI=1S/C14H14N2O3/c1-8-3-2-4-10-12(8)15-5-11(13(10)18)14(19)16-6-9(17)7-16/h2-5,9,17H,6-7H2,1H3,(H,15,18). The van der Waals surface area contributed by atoms with Gasteiger partial charge >= 0.3 is 0 Å². The molecule has 2 aromatic rings. The summed E-state index contributed by atoms with van der Waals surface area (Å²) in [7, 11) is 0. The van der Waals surface area contributed by atoms with Crippen LogP contribution in [-0.4, -0.2) is 40.1 Å². The third-order valence-corrected chi connectivity index (χ3v) is 3.50. The number of nitrogens with zero attached hydrogens (tertiary/aromatic N) is 1. The molecule has 1 amide bonds. The summed E-state index contributed by atoms with van der Waals surface area (Å²) in [4.78, 5) is 28.9. The molecule has 0 atom stereocenters. The van der Waals surface area contributed by atoms with E-state index < -0.39 is 6.10 Å². The summed E-state index contributed by atoms with van der Waals surface area (Å²) in [6, 6.07) is 5.42. The van der Waals surface area contributed by atoms with Crippen LogP contribution in [0.15, 0.2) is 29.2 Å². The Morgan fingerprint density at radius 1 is 1.42 bits per heavy atom. The van der Waals surface area contributed by atoms with Crippen molar-refractivity contribution in [1.82, 2.24) is 9.88 Å². The number of β-amino-alcohol motifs (C(OH)–C–C–N with tert-alkyl or cyclic N) is 1. The molecule has 0 radical (unpaired) electrons. The fourth-order valence-electron chi connectivity index (χ4n) is 2.35. The molecule has 0 spiro atoms. The molecule has 0 bridgehead atoms. The molecule has 98 valence electrons. The van der Waals surface area contributed by atoms with Gasteiger partial charge in [-0.15, -0.1) is 0 Å². The van der Waals surface area contributed by atoms with E-state index in [1.54, 1.807) is 12.1 Å². The Morgan fingerprint density at radius 2 is 2.16 bits per heavy atom. The van der Waals surface area contributed by atoms with Crippen LogP contribution < -0.4 is 5.43 Å². The highest BCUT2D eigenvalue weighted by atomic mass is 16.3. The summed E-state index contributed by atoms with van der Waals surface area (Å²) in [5.74, 6) is -0.324. The lowest BCUT2D eigenvalue weighted by Crippen LogP contribution is -2.54. The molecule has 19 heavy (non-hydrogen) atoms. The van der Waals surface area contributed by atoms with E-state index in [2.05, 4.69) is 4.98 Å². The van der Waals surface area contributed by atoms with Crippen molar-refractivity contribution in [3.8, 4) is 0 Å². The number of amides is 1. The largest absolute Gasteiger partial charge is 0.389 e. The van der Waals surface area contributed by atoms with Gasteiger partial charge in [-0.3, -0.25) is 9.59 Å². The van der Waals surface area contributed by atoms with Crippen LogP contribution in [0.1, 0.15) is 15.9 Å². The van der Waals surface area contributed by atoms with E-state index in [1.807, 2.05) is 13.0 Å². The van der Waals surface area contributed by atoms with E-state index >= 15 is 0 Å². The first-order chi connectivity index (χ1) is 9.08. The quantitative estimate of drug-likeness (QED) is 0.789. The highest BCUT2D eigenvalue weighted by Gasteiger charge is 2.30. The molecular weight excluding hydrogens is 244 g/mol. The highest BCUT2D eigenvalue weighted by molar-refractivity contribution is 5.97. The van der Waals surface area contributed by atoms with E-state index in [1.165, 1.54) is 11.1 Å². The summed E-state index contributed by atoms with van der Waals surface area (Å²) in [5.41, 5.74) is 1.59. The number of pyridine rings is 1. The summed E-state index contributed by atoms with van der Waals surface area (Å²) in [5, 5.41) is 9.73. The second-order valence-electron chi connectivity index (χ2n) is 4.89. The molecule has 1 fully saturated rings. The van der Waals surface area contributed by atoms with Crippen LogP contribution in [-0.2, 0) is 0 Å². The maximum Gasteiger partial charge on any atom is 0.259 e. The zero-order valence-corrected chi connectivity index (χ0v) is 10.5. The van der Waals surface area contributed by atoms with E-state index in [0.29, 0.717) is 18.5 Å². The number of nitrogens with one attached hydrogen (secondary N) is 1. The molecule has 1 aromatic heterocycles. The fraction of sp³-hybridized carbons (Fsp3) is 0.286. The zero-order valence-electron chi connectivity index (χ0n) is 10.5. The lowest BCUT2D eigenvalue weighted by Gasteiger charge is -2.35. The Morgan fingerprint density at radius 3 is 2.84 bits per heavy atom. The second kappa shape index (κ2) is 4.20. The van der Waals surface area contributed by atoms with Crippen molar-refractivity contribution in [2.45, 2.75) is 13.0 Å². The third kappa shape index (κ3) is 1.82. The average Bonchev–Trinajstić information content (AvgIpc) is 2.36. The van der Waals surface area contributed by atoms with Gasteiger partial charge in [-0.25, -0.2) is 0 Å². The Hall–Kier alpha value is -2.14. The Kier molecular flexibility index (Phi) is 2.64. The number of rotatable bonds is 1. The first-order valence-corrected chi connectivity index (χ1v) is 6.16. The normalized spacial score (nSPS) is 15.6. The topological polar surface area (TPSA) is 73.4 Å². The number of aromatic nitrogens is 1. The zero-order chi connectivity index (χ0) is 13.6. The molecule has 2 N–H and O–H groups in total. The SMILES string of the molecule is Cc1cccc2c(=O)c(C(=O)N3CC(O)C3)c[nH]c12. The van der Waals surface area contributed by atoms with Crippen LogP contribution in [0.4, 0.5) is 0 Å². The number of aliphatic hydroxyl groups excluding tert-OH is 1. The van der Waals surface area contributed by atoms with Gasteiger partial charge in [-0.2, -0.15) is 0 Å². The number of H-pyrrole nitrogens is 1. The minimum absolute atomic E-state index is 0.130. The molecule has 1 saturated heterocycles. The van der Waals surface area contributed by atoms with Crippen LogP contribution in [0.25, 0.3) is 10.9 Å². The maximum atomic E-state index is 12.3. The fourth-order valence-corrected chi connectivity index (χ4v) is 2.35. The van der Waals surface area contributed by atoms with Crippen LogP contribution in [0.5, 0.6) is 0 Å². The predicted octanol–water partition coefficient (Wildman–Crippen LogP) is 0.653. The van der Waals surface area contributed by atoms with E-state index in [9.17, 15) is 14.7 Å². The lowest BCUT2D eigenvalue weighted by molar-refractivity contribution is 0.00579. The molecule has 3 rings (SSSR count). The van der Waals surface area contributed by atoms with Crippen LogP contribution in [0.2, 0.25) is 0 Å². The molecule has 0 aliphatic carbocycles. The Bertz CT molecular complexity index is 714. The third-order valence-electron chi connectivity index (χ3n) is 3.50. The number of likely N-dealkylation sites (tertiary alicyclic amines) is 1. The molecule has 1 aliphatic rings. The molecular formula is C14H14N2O3. The number of aromatic amines is 1. The van der Waals surface area contributed by atoms with Crippen molar-refractivity contribution < 1.29 is 9.90 Å². The highest BCUT2D eigenvalue weighted by Crippen LogP contribution is 2.15. The smallest absolute Gasteiger partial charge is 0.259 e.